The number of benzene rings is 2. The third-order valence-electron chi connectivity index (χ3n) is 3.88. The Morgan fingerprint density at radius 3 is 2.43 bits per heavy atom. The third kappa shape index (κ3) is 3.68. The smallest absolute Gasteiger partial charge is 0.0577 e. The maximum absolute atomic E-state index is 6.11. The molecule has 0 bridgehead atoms. The van der Waals surface area contributed by atoms with E-state index < -0.39 is 0 Å². The number of aryl methyl sites for hydroxylation is 2. The van der Waals surface area contributed by atoms with E-state index in [0.29, 0.717) is 0 Å². The normalized spacial score (nSPS) is 12.4. The van der Waals surface area contributed by atoms with Crippen LogP contribution in [0.15, 0.2) is 40.9 Å². The van der Waals surface area contributed by atoms with Gasteiger partial charge in [0.25, 0.3) is 0 Å². The van der Waals surface area contributed by atoms with E-state index in [1.165, 1.54) is 22.3 Å². The Morgan fingerprint density at radius 2 is 1.86 bits per heavy atom. The lowest BCUT2D eigenvalue weighted by Crippen LogP contribution is -2.19. The number of halogens is 2. The fraction of sp³-hybridized carbons (Fsp3) is 0.333. The predicted molar refractivity (Wildman–Crippen MR) is 95.3 cm³/mol. The van der Waals surface area contributed by atoms with Crippen LogP contribution >= 0.6 is 27.5 Å². The number of hydrogen-bond donors (Lipinski definition) is 1. The zero-order chi connectivity index (χ0) is 15.4. The van der Waals surface area contributed by atoms with Crippen LogP contribution in [0, 0.1) is 0 Å². The van der Waals surface area contributed by atoms with Crippen molar-refractivity contribution in [2.45, 2.75) is 32.7 Å². The zero-order valence-corrected chi connectivity index (χ0v) is 15.1. The van der Waals surface area contributed by atoms with E-state index >= 15 is 0 Å². The minimum Gasteiger partial charge on any atom is -0.309 e. The summed E-state index contributed by atoms with van der Waals surface area (Å²) in [4.78, 5) is 0. The predicted octanol–water partition coefficient (Wildman–Crippen LogP) is 5.54. The highest BCUT2D eigenvalue weighted by atomic mass is 79.9. The van der Waals surface area contributed by atoms with Crippen molar-refractivity contribution in [2.24, 2.45) is 0 Å². The summed E-state index contributed by atoms with van der Waals surface area (Å²) >= 11 is 9.63. The maximum Gasteiger partial charge on any atom is 0.0577 e. The van der Waals surface area contributed by atoms with Crippen LogP contribution in [0.1, 0.15) is 42.1 Å². The first-order valence-corrected chi connectivity index (χ1v) is 8.51. The van der Waals surface area contributed by atoms with Crippen LogP contribution in [0.2, 0.25) is 5.02 Å². The van der Waals surface area contributed by atoms with E-state index in [1.54, 1.807) is 0 Å². The van der Waals surface area contributed by atoms with Crippen LogP contribution in [0.4, 0.5) is 0 Å². The summed E-state index contributed by atoms with van der Waals surface area (Å²) in [7, 11) is 2.01. The molecule has 0 amide bonds. The first kappa shape index (κ1) is 16.5. The van der Waals surface area contributed by atoms with E-state index in [1.807, 2.05) is 13.1 Å². The van der Waals surface area contributed by atoms with Gasteiger partial charge in [0.05, 0.1) is 11.1 Å². The van der Waals surface area contributed by atoms with Gasteiger partial charge in [-0.15, -0.1) is 0 Å². The summed E-state index contributed by atoms with van der Waals surface area (Å²) in [6.07, 6.45) is 2.09. The monoisotopic (exact) mass is 365 g/mol. The van der Waals surface area contributed by atoms with Crippen molar-refractivity contribution in [3.63, 3.8) is 0 Å². The fourth-order valence-corrected chi connectivity index (χ4v) is 3.16. The van der Waals surface area contributed by atoms with Gasteiger partial charge in [-0.3, -0.25) is 0 Å². The maximum atomic E-state index is 6.11. The highest BCUT2D eigenvalue weighted by Gasteiger charge is 2.16. The van der Waals surface area contributed by atoms with Gasteiger partial charge in [-0.05, 0) is 70.2 Å². The van der Waals surface area contributed by atoms with Crippen molar-refractivity contribution in [1.82, 2.24) is 5.32 Å². The highest BCUT2D eigenvalue weighted by molar-refractivity contribution is 9.10. The third-order valence-corrected chi connectivity index (χ3v) is 5.09. The van der Waals surface area contributed by atoms with E-state index in [9.17, 15) is 0 Å². The molecule has 1 nitrogen and oxygen atoms in total. The molecule has 3 heteroatoms. The quantitative estimate of drug-likeness (QED) is 0.733. The van der Waals surface area contributed by atoms with Crippen molar-refractivity contribution in [2.75, 3.05) is 7.05 Å². The molecule has 1 atom stereocenters. The molecular weight excluding hydrogens is 346 g/mol. The molecular formula is C18H21BrClN. The molecule has 2 aromatic carbocycles. The molecule has 0 saturated carbocycles. The molecule has 0 saturated heterocycles. The summed E-state index contributed by atoms with van der Waals surface area (Å²) in [6, 6.07) is 13.1. The molecule has 0 fully saturated rings. The summed E-state index contributed by atoms with van der Waals surface area (Å²) < 4.78 is 0.937. The highest BCUT2D eigenvalue weighted by Crippen LogP contribution is 2.31. The van der Waals surface area contributed by atoms with Crippen LogP contribution in [0.25, 0.3) is 0 Å². The topological polar surface area (TPSA) is 12.0 Å². The van der Waals surface area contributed by atoms with Gasteiger partial charge in [-0.1, -0.05) is 49.7 Å². The van der Waals surface area contributed by atoms with Gasteiger partial charge in [0.1, 0.15) is 0 Å². The van der Waals surface area contributed by atoms with E-state index in [-0.39, 0.29) is 6.04 Å². The molecule has 0 aliphatic carbocycles. The van der Waals surface area contributed by atoms with Crippen molar-refractivity contribution >= 4 is 27.5 Å². The molecule has 2 rings (SSSR count). The van der Waals surface area contributed by atoms with Gasteiger partial charge >= 0.3 is 0 Å². The molecule has 112 valence electrons. The van der Waals surface area contributed by atoms with Gasteiger partial charge in [-0.25, -0.2) is 0 Å². The first-order chi connectivity index (χ1) is 10.1. The molecule has 0 radical (unpaired) electrons. The Balaban J connectivity index is 2.51. The summed E-state index contributed by atoms with van der Waals surface area (Å²) in [5, 5.41) is 4.19. The lowest BCUT2D eigenvalue weighted by molar-refractivity contribution is 0.682. The van der Waals surface area contributed by atoms with Crippen molar-refractivity contribution in [1.29, 1.82) is 0 Å². The second kappa shape index (κ2) is 7.44. The Labute approximate surface area is 140 Å². The van der Waals surface area contributed by atoms with E-state index in [0.717, 1.165) is 22.3 Å². The SMILES string of the molecule is CCc1ccc(CC)c(C(NC)c2ccc(Cl)c(Br)c2)c1. The number of nitrogens with one attached hydrogen (secondary N) is 1. The number of rotatable bonds is 5. The van der Waals surface area contributed by atoms with Crippen molar-refractivity contribution in [3.05, 3.63) is 68.1 Å². The Kier molecular flexibility index (Phi) is 5.86. The Hall–Kier alpha value is -0.830. The molecule has 1 unspecified atom stereocenters. The van der Waals surface area contributed by atoms with Crippen molar-refractivity contribution < 1.29 is 0 Å². The second-order valence-corrected chi connectivity index (χ2v) is 6.40. The fourth-order valence-electron chi connectivity index (χ4n) is 2.65. The molecule has 0 aliphatic rings. The Bertz CT molecular complexity index is 625. The Morgan fingerprint density at radius 1 is 1.10 bits per heavy atom. The molecule has 1 N–H and O–H groups in total. The zero-order valence-electron chi connectivity index (χ0n) is 12.7. The van der Waals surface area contributed by atoms with Gasteiger partial charge < -0.3 is 5.32 Å². The molecule has 0 aliphatic heterocycles. The average molecular weight is 367 g/mol. The molecule has 21 heavy (non-hydrogen) atoms. The summed E-state index contributed by atoms with van der Waals surface area (Å²) in [5.74, 6) is 0. The molecule has 0 spiro atoms. The van der Waals surface area contributed by atoms with Crippen LogP contribution in [0.3, 0.4) is 0 Å². The summed E-state index contributed by atoms with van der Waals surface area (Å²) in [6.45, 7) is 4.40. The number of hydrogen-bond acceptors (Lipinski definition) is 1. The first-order valence-electron chi connectivity index (χ1n) is 7.34. The minimum atomic E-state index is 0.181. The van der Waals surface area contributed by atoms with E-state index in [2.05, 4.69) is 65.4 Å². The molecule has 0 heterocycles. The van der Waals surface area contributed by atoms with Crippen LogP contribution < -0.4 is 5.32 Å². The minimum absolute atomic E-state index is 0.181. The average Bonchev–Trinajstić information content (AvgIpc) is 2.51. The van der Waals surface area contributed by atoms with Gasteiger partial charge in [0, 0.05) is 4.47 Å². The van der Waals surface area contributed by atoms with Crippen LogP contribution in [0.5, 0.6) is 0 Å². The van der Waals surface area contributed by atoms with Crippen LogP contribution in [-0.4, -0.2) is 7.05 Å². The van der Waals surface area contributed by atoms with Gasteiger partial charge in [-0.2, -0.15) is 0 Å². The standard InChI is InChI=1S/C18H21BrClN/c1-4-12-6-7-13(5-2)15(10-12)18(21-3)14-8-9-17(20)16(19)11-14/h6-11,18,21H,4-5H2,1-3H3. The lowest BCUT2D eigenvalue weighted by atomic mass is 9.91. The second-order valence-electron chi connectivity index (χ2n) is 5.14. The van der Waals surface area contributed by atoms with Crippen LogP contribution in [-0.2, 0) is 12.8 Å². The molecule has 0 aromatic heterocycles. The molecule has 2 aromatic rings. The summed E-state index contributed by atoms with van der Waals surface area (Å²) in [5.41, 5.74) is 5.33. The van der Waals surface area contributed by atoms with Gasteiger partial charge in [0.15, 0.2) is 0 Å². The van der Waals surface area contributed by atoms with Crippen molar-refractivity contribution in [3.8, 4) is 0 Å². The van der Waals surface area contributed by atoms with E-state index in [4.69, 9.17) is 11.6 Å². The largest absolute Gasteiger partial charge is 0.309 e. The van der Waals surface area contributed by atoms with Gasteiger partial charge in [0.2, 0.25) is 0 Å². The lowest BCUT2D eigenvalue weighted by Gasteiger charge is -2.22.